The van der Waals surface area contributed by atoms with Crippen molar-refractivity contribution < 1.29 is 14.7 Å². The Hall–Kier alpha value is -2.15. The van der Waals surface area contributed by atoms with Crippen LogP contribution in [0.3, 0.4) is 0 Å². The van der Waals surface area contributed by atoms with Crippen molar-refractivity contribution >= 4 is 33.5 Å². The second-order valence-corrected chi connectivity index (χ2v) is 4.74. The highest BCUT2D eigenvalue weighted by Crippen LogP contribution is 2.20. The van der Waals surface area contributed by atoms with Crippen LogP contribution in [0.2, 0.25) is 0 Å². The highest BCUT2D eigenvalue weighted by atomic mass is 79.9. The van der Waals surface area contributed by atoms with E-state index in [9.17, 15) is 9.59 Å². The second kappa shape index (κ2) is 5.23. The maximum absolute atomic E-state index is 12.0. The number of rotatable bonds is 3. The van der Waals surface area contributed by atoms with E-state index in [-0.39, 0.29) is 11.5 Å². The zero-order valence-corrected chi connectivity index (χ0v) is 11.5. The molecule has 0 radical (unpaired) electrons. The molecule has 2 aromatic rings. The standard InChI is InChI=1S/C12H10BrN3O3/c1-16-10(2-3-14-16)11(17)15-9-5-7(12(18)19)4-8(13)6-9/h2-6H,1H3,(H,15,17)(H,18,19). The number of hydrogen-bond donors (Lipinski definition) is 2. The number of aromatic carboxylic acids is 1. The summed E-state index contributed by atoms with van der Waals surface area (Å²) in [6.07, 6.45) is 1.51. The van der Waals surface area contributed by atoms with Crippen molar-refractivity contribution in [2.75, 3.05) is 5.32 Å². The minimum atomic E-state index is -1.06. The van der Waals surface area contributed by atoms with Gasteiger partial charge in [0.05, 0.1) is 5.56 Å². The second-order valence-electron chi connectivity index (χ2n) is 3.83. The molecule has 2 rings (SSSR count). The Morgan fingerprint density at radius 3 is 2.68 bits per heavy atom. The zero-order valence-electron chi connectivity index (χ0n) is 9.92. The predicted octanol–water partition coefficient (Wildman–Crippen LogP) is 2.13. The number of halogens is 1. The zero-order chi connectivity index (χ0) is 14.0. The van der Waals surface area contributed by atoms with E-state index in [4.69, 9.17) is 5.11 Å². The fourth-order valence-corrected chi connectivity index (χ4v) is 2.07. The number of aryl methyl sites for hydroxylation is 1. The lowest BCUT2D eigenvalue weighted by molar-refractivity contribution is 0.0696. The molecule has 1 amide bonds. The highest BCUT2D eigenvalue weighted by molar-refractivity contribution is 9.10. The first kappa shape index (κ1) is 13.3. The van der Waals surface area contributed by atoms with Crippen LogP contribution in [0, 0.1) is 0 Å². The molecule has 98 valence electrons. The van der Waals surface area contributed by atoms with E-state index >= 15 is 0 Å². The Balaban J connectivity index is 2.26. The van der Waals surface area contributed by atoms with Crippen LogP contribution in [0.25, 0.3) is 0 Å². The van der Waals surface area contributed by atoms with Crippen LogP contribution >= 0.6 is 15.9 Å². The molecule has 0 fully saturated rings. The number of amides is 1. The minimum absolute atomic E-state index is 0.0923. The molecule has 1 aromatic carbocycles. The molecule has 2 N–H and O–H groups in total. The van der Waals surface area contributed by atoms with Gasteiger partial charge in [0.25, 0.3) is 5.91 Å². The molecular weight excluding hydrogens is 314 g/mol. The number of aromatic nitrogens is 2. The van der Waals surface area contributed by atoms with Crippen LogP contribution in [0.1, 0.15) is 20.8 Å². The van der Waals surface area contributed by atoms with Crippen molar-refractivity contribution in [3.63, 3.8) is 0 Å². The van der Waals surface area contributed by atoms with Gasteiger partial charge in [-0.05, 0) is 24.3 Å². The molecule has 0 bridgehead atoms. The van der Waals surface area contributed by atoms with Crippen molar-refractivity contribution in [1.82, 2.24) is 9.78 Å². The first-order chi connectivity index (χ1) is 8.97. The van der Waals surface area contributed by atoms with Gasteiger partial charge in [0.15, 0.2) is 0 Å². The van der Waals surface area contributed by atoms with Crippen LogP contribution in [-0.4, -0.2) is 26.8 Å². The summed E-state index contributed by atoms with van der Waals surface area (Å²) in [7, 11) is 1.65. The molecule has 0 unspecified atom stereocenters. The van der Waals surface area contributed by atoms with Crippen molar-refractivity contribution in [3.05, 3.63) is 46.2 Å². The topological polar surface area (TPSA) is 84.2 Å². The Morgan fingerprint density at radius 2 is 2.11 bits per heavy atom. The van der Waals surface area contributed by atoms with Gasteiger partial charge in [-0.3, -0.25) is 9.48 Å². The predicted molar refractivity (Wildman–Crippen MR) is 72.3 cm³/mol. The fraction of sp³-hybridized carbons (Fsp3) is 0.0833. The summed E-state index contributed by atoms with van der Waals surface area (Å²) in [5, 5.41) is 15.5. The molecule has 1 aromatic heterocycles. The number of nitrogens with zero attached hydrogens (tertiary/aromatic N) is 2. The third kappa shape index (κ3) is 3.00. The summed E-state index contributed by atoms with van der Waals surface area (Å²) >= 11 is 3.20. The van der Waals surface area contributed by atoms with Crippen LogP contribution < -0.4 is 5.32 Å². The average molecular weight is 324 g/mol. The van der Waals surface area contributed by atoms with Crippen molar-refractivity contribution in [2.45, 2.75) is 0 Å². The van der Waals surface area contributed by atoms with Crippen molar-refractivity contribution in [3.8, 4) is 0 Å². The monoisotopic (exact) mass is 323 g/mol. The molecular formula is C12H10BrN3O3. The first-order valence-electron chi connectivity index (χ1n) is 5.30. The number of carboxylic acid groups (broad SMARTS) is 1. The Kier molecular flexibility index (Phi) is 3.66. The largest absolute Gasteiger partial charge is 0.478 e. The Bertz CT molecular complexity index is 651. The molecule has 0 atom stereocenters. The quantitative estimate of drug-likeness (QED) is 0.906. The molecule has 0 aliphatic heterocycles. The molecule has 0 aliphatic carbocycles. The summed E-state index contributed by atoms with van der Waals surface area (Å²) in [6.45, 7) is 0. The summed E-state index contributed by atoms with van der Waals surface area (Å²) in [5.41, 5.74) is 0.879. The van der Waals surface area contributed by atoms with Crippen molar-refractivity contribution in [1.29, 1.82) is 0 Å². The van der Waals surface area contributed by atoms with E-state index in [1.165, 1.54) is 23.0 Å². The van der Waals surface area contributed by atoms with Gasteiger partial charge in [-0.1, -0.05) is 15.9 Å². The van der Waals surface area contributed by atoms with Gasteiger partial charge in [0.2, 0.25) is 0 Å². The van der Waals surface area contributed by atoms with E-state index in [0.29, 0.717) is 15.9 Å². The summed E-state index contributed by atoms with van der Waals surface area (Å²) < 4.78 is 2.01. The maximum Gasteiger partial charge on any atom is 0.335 e. The molecule has 0 saturated carbocycles. The summed E-state index contributed by atoms with van der Waals surface area (Å²) in [4.78, 5) is 22.9. The number of carbonyl (C=O) groups is 2. The third-order valence-corrected chi connectivity index (χ3v) is 2.91. The van der Waals surface area contributed by atoms with Gasteiger partial charge in [0.1, 0.15) is 5.69 Å². The van der Waals surface area contributed by atoms with Gasteiger partial charge < -0.3 is 10.4 Å². The third-order valence-electron chi connectivity index (χ3n) is 2.46. The van der Waals surface area contributed by atoms with E-state index in [0.717, 1.165) is 0 Å². The van der Waals surface area contributed by atoms with Crippen LogP contribution in [0.15, 0.2) is 34.9 Å². The summed E-state index contributed by atoms with van der Waals surface area (Å²) in [5.74, 6) is -1.41. The van der Waals surface area contributed by atoms with E-state index in [1.807, 2.05) is 0 Å². The summed E-state index contributed by atoms with van der Waals surface area (Å²) in [6, 6.07) is 6.05. The average Bonchev–Trinajstić information content (AvgIpc) is 2.74. The minimum Gasteiger partial charge on any atom is -0.478 e. The number of carboxylic acids is 1. The lowest BCUT2D eigenvalue weighted by Gasteiger charge is -2.07. The van der Waals surface area contributed by atoms with Gasteiger partial charge in [-0.25, -0.2) is 4.79 Å². The van der Waals surface area contributed by atoms with Crippen molar-refractivity contribution in [2.24, 2.45) is 7.05 Å². The fourth-order valence-electron chi connectivity index (χ4n) is 1.58. The maximum atomic E-state index is 12.0. The molecule has 0 spiro atoms. The molecule has 0 saturated heterocycles. The number of nitrogens with one attached hydrogen (secondary N) is 1. The molecule has 7 heteroatoms. The molecule has 0 aliphatic rings. The number of anilines is 1. The Labute approximate surface area is 117 Å². The first-order valence-corrected chi connectivity index (χ1v) is 6.10. The molecule has 19 heavy (non-hydrogen) atoms. The van der Waals surface area contributed by atoms with Gasteiger partial charge in [0, 0.05) is 23.4 Å². The van der Waals surface area contributed by atoms with Gasteiger partial charge in [-0.15, -0.1) is 0 Å². The lowest BCUT2D eigenvalue weighted by Crippen LogP contribution is -2.16. The highest BCUT2D eigenvalue weighted by Gasteiger charge is 2.12. The molecule has 1 heterocycles. The van der Waals surface area contributed by atoms with Gasteiger partial charge >= 0.3 is 5.97 Å². The Morgan fingerprint density at radius 1 is 1.37 bits per heavy atom. The number of benzene rings is 1. The van der Waals surface area contributed by atoms with E-state index < -0.39 is 5.97 Å². The lowest BCUT2D eigenvalue weighted by atomic mass is 10.2. The number of hydrogen-bond acceptors (Lipinski definition) is 3. The van der Waals surface area contributed by atoms with E-state index in [1.54, 1.807) is 19.2 Å². The van der Waals surface area contributed by atoms with Crippen LogP contribution in [0.5, 0.6) is 0 Å². The van der Waals surface area contributed by atoms with Gasteiger partial charge in [-0.2, -0.15) is 5.10 Å². The molecule has 6 nitrogen and oxygen atoms in total. The number of carbonyl (C=O) groups excluding carboxylic acids is 1. The van der Waals surface area contributed by atoms with Crippen LogP contribution in [-0.2, 0) is 7.05 Å². The van der Waals surface area contributed by atoms with E-state index in [2.05, 4.69) is 26.3 Å². The van der Waals surface area contributed by atoms with Crippen LogP contribution in [0.4, 0.5) is 5.69 Å². The smallest absolute Gasteiger partial charge is 0.335 e. The SMILES string of the molecule is Cn1nccc1C(=O)Nc1cc(Br)cc(C(=O)O)c1. The normalized spacial score (nSPS) is 10.2.